The molecule has 2 aromatic heterocycles. The van der Waals surface area contributed by atoms with Crippen LogP contribution in [-0.2, 0) is 16.1 Å². The first-order valence-electron chi connectivity index (χ1n) is 10.5. The number of carbonyl (C=O) groups excluding carboxylic acids is 2. The van der Waals surface area contributed by atoms with Crippen LogP contribution in [0.2, 0.25) is 0 Å². The highest BCUT2D eigenvalue weighted by Crippen LogP contribution is 2.23. The normalized spacial score (nSPS) is 19.5. The molecule has 0 saturated carbocycles. The van der Waals surface area contributed by atoms with Gasteiger partial charge in [0.15, 0.2) is 11.3 Å². The monoisotopic (exact) mass is 430 g/mol. The number of piperidine rings is 1. The summed E-state index contributed by atoms with van der Waals surface area (Å²) in [5.74, 6) is -0.285. The number of aliphatic hydroxyl groups excluding tert-OH is 1. The van der Waals surface area contributed by atoms with Gasteiger partial charge in [-0.2, -0.15) is 0 Å². The van der Waals surface area contributed by atoms with Gasteiger partial charge in [-0.25, -0.2) is 14.8 Å². The topological polar surface area (TPSA) is 115 Å². The largest absolute Gasteiger partial charge is 0.444 e. The van der Waals surface area contributed by atoms with E-state index in [4.69, 9.17) is 4.74 Å². The average molecular weight is 431 g/mol. The van der Waals surface area contributed by atoms with Gasteiger partial charge in [0.2, 0.25) is 0 Å². The van der Waals surface area contributed by atoms with Crippen molar-refractivity contribution in [3.63, 3.8) is 0 Å². The van der Waals surface area contributed by atoms with Crippen LogP contribution in [0.15, 0.2) is 17.2 Å². The molecule has 0 spiro atoms. The minimum atomic E-state index is -0.830. The molecule has 3 rings (SSSR count). The lowest BCUT2D eigenvalue weighted by atomic mass is 9.95. The molecular formula is C22H30N4O5. The Morgan fingerprint density at radius 3 is 2.65 bits per heavy atom. The number of hydrogen-bond acceptors (Lipinski definition) is 7. The fourth-order valence-electron chi connectivity index (χ4n) is 3.89. The second kappa shape index (κ2) is 8.74. The van der Waals surface area contributed by atoms with Gasteiger partial charge in [0.1, 0.15) is 5.60 Å². The number of aryl methyl sites for hydroxylation is 2. The van der Waals surface area contributed by atoms with Crippen LogP contribution >= 0.6 is 0 Å². The number of aromatic nitrogens is 3. The number of ether oxygens (including phenoxy) is 1. The number of pyridine rings is 1. The van der Waals surface area contributed by atoms with Crippen molar-refractivity contribution >= 4 is 22.9 Å². The third-order valence-electron chi connectivity index (χ3n) is 5.26. The highest BCUT2D eigenvalue weighted by molar-refractivity contribution is 5.81. The number of carbonyl (C=O) groups is 2. The van der Waals surface area contributed by atoms with Gasteiger partial charge in [-0.1, -0.05) is 0 Å². The van der Waals surface area contributed by atoms with E-state index in [-0.39, 0.29) is 24.3 Å². The molecule has 1 saturated heterocycles. The van der Waals surface area contributed by atoms with Crippen molar-refractivity contribution in [3.05, 3.63) is 34.0 Å². The highest BCUT2D eigenvalue weighted by atomic mass is 16.6. The van der Waals surface area contributed by atoms with E-state index in [1.165, 1.54) is 15.8 Å². The van der Waals surface area contributed by atoms with Crippen molar-refractivity contribution in [1.82, 2.24) is 19.4 Å². The van der Waals surface area contributed by atoms with E-state index in [1.54, 1.807) is 27.7 Å². The Hall–Kier alpha value is -2.81. The van der Waals surface area contributed by atoms with E-state index >= 15 is 0 Å². The number of rotatable bonds is 4. The summed E-state index contributed by atoms with van der Waals surface area (Å²) in [5, 5.41) is 10.5. The first kappa shape index (κ1) is 22.9. The number of nitrogens with zero attached hydrogens (tertiary/aromatic N) is 4. The van der Waals surface area contributed by atoms with Crippen LogP contribution in [0.4, 0.5) is 4.79 Å². The van der Waals surface area contributed by atoms with E-state index in [9.17, 15) is 19.5 Å². The number of fused-ring (bicyclic) bond motifs is 1. The third kappa shape index (κ3) is 5.28. The summed E-state index contributed by atoms with van der Waals surface area (Å²) in [7, 11) is 0. The fraction of sp³-hybridized carbons (Fsp3) is 0.591. The number of aliphatic hydroxyl groups is 1. The van der Waals surface area contributed by atoms with Crippen molar-refractivity contribution in [2.75, 3.05) is 6.54 Å². The van der Waals surface area contributed by atoms with Crippen LogP contribution in [0.3, 0.4) is 0 Å². The van der Waals surface area contributed by atoms with Gasteiger partial charge in [0.05, 0.1) is 30.5 Å². The maximum absolute atomic E-state index is 12.8. The number of Topliss-reactive ketones (excluding diaryl/α,β-unsaturated/α-hetero) is 1. The van der Waals surface area contributed by atoms with Crippen molar-refractivity contribution in [1.29, 1.82) is 0 Å². The van der Waals surface area contributed by atoms with Crippen molar-refractivity contribution in [2.24, 2.45) is 0 Å². The summed E-state index contributed by atoms with van der Waals surface area (Å²) in [6.45, 7) is 9.15. The van der Waals surface area contributed by atoms with Crippen molar-refractivity contribution in [3.8, 4) is 0 Å². The molecule has 1 fully saturated rings. The molecule has 0 radical (unpaired) electrons. The summed E-state index contributed by atoms with van der Waals surface area (Å²) < 4.78 is 6.66. The molecular weight excluding hydrogens is 400 g/mol. The summed E-state index contributed by atoms with van der Waals surface area (Å²) in [4.78, 5) is 48.2. The van der Waals surface area contributed by atoms with Gasteiger partial charge >= 0.3 is 6.09 Å². The first-order valence-corrected chi connectivity index (χ1v) is 10.5. The van der Waals surface area contributed by atoms with Crippen LogP contribution in [0.25, 0.3) is 11.0 Å². The predicted octanol–water partition coefficient (Wildman–Crippen LogP) is 2.13. The van der Waals surface area contributed by atoms with E-state index in [2.05, 4.69) is 9.97 Å². The minimum absolute atomic E-state index is 0.0782. The standard InChI is InChI=1S/C22H30N4O5/c1-13-9-14(2)24-19-18(13)23-12-25(20(19)29)11-15(27)10-16-17(28)7-6-8-26(16)21(30)31-22(3,4)5/h9,12,16-17,28H,6-8,10-11H2,1-5H3/t16-,17+/m1/s1. The molecule has 0 unspecified atom stereocenters. The number of likely N-dealkylation sites (tertiary alicyclic amines) is 1. The molecule has 1 amide bonds. The van der Waals surface area contributed by atoms with Crippen LogP contribution in [0, 0.1) is 13.8 Å². The maximum atomic E-state index is 12.8. The van der Waals surface area contributed by atoms with Crippen LogP contribution in [-0.4, -0.2) is 60.7 Å². The van der Waals surface area contributed by atoms with Crippen LogP contribution in [0.1, 0.15) is 51.3 Å². The predicted molar refractivity (Wildman–Crippen MR) is 115 cm³/mol. The zero-order valence-electron chi connectivity index (χ0n) is 18.7. The molecule has 0 bridgehead atoms. The third-order valence-corrected chi connectivity index (χ3v) is 5.26. The quantitative estimate of drug-likeness (QED) is 0.790. The molecule has 1 aliphatic rings. The molecule has 0 aliphatic carbocycles. The molecule has 1 N–H and O–H groups in total. The van der Waals surface area contributed by atoms with Gasteiger partial charge < -0.3 is 14.7 Å². The number of ketones is 1. The average Bonchev–Trinajstić information content (AvgIpc) is 2.64. The van der Waals surface area contributed by atoms with E-state index in [0.717, 1.165) is 5.56 Å². The van der Waals surface area contributed by atoms with Gasteiger partial charge in [-0.15, -0.1) is 0 Å². The zero-order chi connectivity index (χ0) is 22.9. The molecule has 2 atom stereocenters. The molecule has 2 aromatic rings. The van der Waals surface area contributed by atoms with Crippen molar-refractivity contribution < 1.29 is 19.4 Å². The Bertz CT molecular complexity index is 1060. The van der Waals surface area contributed by atoms with E-state index in [1.807, 2.05) is 13.0 Å². The molecule has 31 heavy (non-hydrogen) atoms. The van der Waals surface area contributed by atoms with Crippen LogP contribution in [0.5, 0.6) is 0 Å². The molecule has 9 nitrogen and oxygen atoms in total. The van der Waals surface area contributed by atoms with E-state index in [0.29, 0.717) is 30.6 Å². The maximum Gasteiger partial charge on any atom is 0.410 e. The lowest BCUT2D eigenvalue weighted by Gasteiger charge is -2.39. The van der Waals surface area contributed by atoms with Gasteiger partial charge in [-0.3, -0.25) is 14.2 Å². The molecule has 9 heteroatoms. The summed E-state index contributed by atoms with van der Waals surface area (Å²) in [6, 6.07) is 1.16. The fourth-order valence-corrected chi connectivity index (χ4v) is 3.89. The Labute approximate surface area is 181 Å². The summed E-state index contributed by atoms with van der Waals surface area (Å²) in [5.41, 5.74) is 1.21. The number of hydrogen-bond donors (Lipinski definition) is 1. The van der Waals surface area contributed by atoms with E-state index < -0.39 is 29.4 Å². The zero-order valence-corrected chi connectivity index (χ0v) is 18.7. The van der Waals surface area contributed by atoms with Gasteiger partial charge in [-0.05, 0) is 59.1 Å². The van der Waals surface area contributed by atoms with Crippen molar-refractivity contribution in [2.45, 2.75) is 78.2 Å². The molecule has 3 heterocycles. The lowest BCUT2D eigenvalue weighted by molar-refractivity contribution is -0.122. The second-order valence-electron chi connectivity index (χ2n) is 9.15. The molecule has 0 aromatic carbocycles. The summed E-state index contributed by atoms with van der Waals surface area (Å²) in [6.07, 6.45) is 1.01. The molecule has 168 valence electrons. The Morgan fingerprint density at radius 2 is 1.97 bits per heavy atom. The molecule has 1 aliphatic heterocycles. The number of amides is 1. The highest BCUT2D eigenvalue weighted by Gasteiger charge is 2.37. The van der Waals surface area contributed by atoms with Crippen LogP contribution < -0.4 is 5.56 Å². The summed E-state index contributed by atoms with van der Waals surface area (Å²) >= 11 is 0. The second-order valence-corrected chi connectivity index (χ2v) is 9.15. The van der Waals surface area contributed by atoms with Gasteiger partial charge in [0, 0.05) is 18.7 Å². The SMILES string of the molecule is Cc1cc(C)c2ncn(CC(=O)C[C@@H]3[C@@H](O)CCCN3C(=O)OC(C)(C)C)c(=O)c2n1. The minimum Gasteiger partial charge on any atom is -0.444 e. The first-order chi connectivity index (χ1) is 14.5. The Kier molecular flexibility index (Phi) is 6.45. The van der Waals surface area contributed by atoms with Gasteiger partial charge in [0.25, 0.3) is 5.56 Å². The Morgan fingerprint density at radius 1 is 1.26 bits per heavy atom. The smallest absolute Gasteiger partial charge is 0.410 e. The lowest BCUT2D eigenvalue weighted by Crippen LogP contribution is -2.53. The Balaban J connectivity index is 1.79.